The molecule has 2 heterocycles. The number of nitrogens with zero attached hydrogens (tertiary/aromatic N) is 2. The van der Waals surface area contributed by atoms with E-state index in [0.29, 0.717) is 25.0 Å². The highest BCUT2D eigenvalue weighted by molar-refractivity contribution is 9.10. The van der Waals surface area contributed by atoms with Gasteiger partial charge < -0.3 is 14.4 Å². The van der Waals surface area contributed by atoms with Crippen LogP contribution in [0, 0.1) is 0 Å². The molecule has 2 atom stereocenters. The molecule has 2 aliphatic heterocycles. The highest BCUT2D eigenvalue weighted by Gasteiger charge is 2.35. The maximum absolute atomic E-state index is 5.90. The summed E-state index contributed by atoms with van der Waals surface area (Å²) in [5.74, 6) is 2.18. The Bertz CT molecular complexity index is 1430. The van der Waals surface area contributed by atoms with Crippen molar-refractivity contribution in [2.75, 3.05) is 31.2 Å². The molecule has 0 amide bonds. The van der Waals surface area contributed by atoms with Crippen molar-refractivity contribution < 1.29 is 9.47 Å². The van der Waals surface area contributed by atoms with Gasteiger partial charge in [0.15, 0.2) is 11.5 Å². The highest BCUT2D eigenvalue weighted by atomic mass is 79.9. The third-order valence-electron chi connectivity index (χ3n) is 7.98. The summed E-state index contributed by atoms with van der Waals surface area (Å²) in [5, 5.41) is 0. The fourth-order valence-corrected chi connectivity index (χ4v) is 6.85. The molecule has 4 aromatic carbocycles. The van der Waals surface area contributed by atoms with Gasteiger partial charge in [-0.2, -0.15) is 0 Å². The Kier molecular flexibility index (Phi) is 7.92. The van der Waals surface area contributed by atoms with Gasteiger partial charge in [-0.25, -0.2) is 0 Å². The largest absolute Gasteiger partial charge is 0.490 e. The van der Waals surface area contributed by atoms with Crippen molar-refractivity contribution in [2.45, 2.75) is 38.5 Å². The van der Waals surface area contributed by atoms with E-state index in [4.69, 9.17) is 14.5 Å². The zero-order valence-corrected chi connectivity index (χ0v) is 24.7. The maximum Gasteiger partial charge on any atom is 0.175 e. The normalized spacial score (nSPS) is 18.0. The molecular formula is C35H35BrN2O2. The minimum Gasteiger partial charge on any atom is -0.490 e. The minimum atomic E-state index is 0.361. The highest BCUT2D eigenvalue weighted by Crippen LogP contribution is 2.50. The molecule has 0 aromatic heterocycles. The first-order valence-corrected chi connectivity index (χ1v) is 15.1. The Morgan fingerprint density at radius 1 is 0.800 bits per heavy atom. The summed E-state index contributed by atoms with van der Waals surface area (Å²) in [5.41, 5.74) is 8.92. The topological polar surface area (TPSA) is 34.1 Å². The molecule has 40 heavy (non-hydrogen) atoms. The summed E-state index contributed by atoms with van der Waals surface area (Å²) in [7, 11) is 0. The van der Waals surface area contributed by atoms with Gasteiger partial charge in [-0.05, 0) is 94.7 Å². The van der Waals surface area contributed by atoms with E-state index in [1.165, 1.54) is 27.9 Å². The Labute approximate surface area is 245 Å². The van der Waals surface area contributed by atoms with Gasteiger partial charge in [0.05, 0.1) is 23.4 Å². The second kappa shape index (κ2) is 11.9. The summed E-state index contributed by atoms with van der Waals surface area (Å²) in [6, 6.07) is 30.6. The number of aliphatic imine (C=N–C) groups is 1. The number of halogens is 1. The predicted molar refractivity (Wildman–Crippen MR) is 168 cm³/mol. The van der Waals surface area contributed by atoms with Gasteiger partial charge in [0.2, 0.25) is 0 Å². The van der Waals surface area contributed by atoms with E-state index in [2.05, 4.69) is 93.6 Å². The molecule has 0 unspecified atom stereocenters. The summed E-state index contributed by atoms with van der Waals surface area (Å²) in [4.78, 5) is 7.66. The van der Waals surface area contributed by atoms with Crippen LogP contribution in [0.4, 0.5) is 11.4 Å². The predicted octanol–water partition coefficient (Wildman–Crippen LogP) is 8.87. The zero-order valence-electron chi connectivity index (χ0n) is 23.1. The zero-order chi connectivity index (χ0) is 27.5. The van der Waals surface area contributed by atoms with Crippen LogP contribution in [-0.4, -0.2) is 32.5 Å². The van der Waals surface area contributed by atoms with E-state index in [0.717, 1.165) is 53.2 Å². The molecule has 0 aliphatic carbocycles. The lowest BCUT2D eigenvalue weighted by molar-refractivity contribution is 0.286. The van der Waals surface area contributed by atoms with Gasteiger partial charge in [0.1, 0.15) is 0 Å². The third-order valence-corrected chi connectivity index (χ3v) is 8.57. The van der Waals surface area contributed by atoms with E-state index in [1.807, 2.05) is 32.2 Å². The van der Waals surface area contributed by atoms with Crippen molar-refractivity contribution in [3.8, 4) is 11.5 Å². The molecule has 6 rings (SSSR count). The maximum atomic E-state index is 5.90. The first-order chi connectivity index (χ1) is 19.7. The van der Waals surface area contributed by atoms with Crippen LogP contribution >= 0.6 is 15.9 Å². The van der Waals surface area contributed by atoms with Gasteiger partial charge in [-0.3, -0.25) is 4.99 Å². The molecule has 0 N–H and O–H groups in total. The molecule has 204 valence electrons. The van der Waals surface area contributed by atoms with Crippen LogP contribution < -0.4 is 14.4 Å². The van der Waals surface area contributed by atoms with Crippen LogP contribution in [0.15, 0.2) is 94.4 Å². The molecule has 0 saturated heterocycles. The molecule has 5 heteroatoms. The number of hydrogen-bond donors (Lipinski definition) is 0. The fraction of sp³-hybridized carbons (Fsp3) is 0.286. The molecule has 0 saturated carbocycles. The van der Waals surface area contributed by atoms with Crippen LogP contribution in [0.1, 0.15) is 66.3 Å². The molecule has 4 aromatic rings. The average molecular weight is 596 g/mol. The quantitative estimate of drug-likeness (QED) is 0.191. The van der Waals surface area contributed by atoms with E-state index < -0.39 is 0 Å². The fourth-order valence-electron chi connectivity index (χ4n) is 6.27. The van der Waals surface area contributed by atoms with Gasteiger partial charge in [-0.1, -0.05) is 60.7 Å². The van der Waals surface area contributed by atoms with Gasteiger partial charge in [-0.15, -0.1) is 0 Å². The third kappa shape index (κ3) is 5.27. The summed E-state index contributed by atoms with van der Waals surface area (Å²) in [6.45, 7) is 7.28. The lowest BCUT2D eigenvalue weighted by atomic mass is 9.76. The molecule has 0 radical (unpaired) electrons. The van der Waals surface area contributed by atoms with Crippen molar-refractivity contribution in [3.63, 3.8) is 0 Å². The van der Waals surface area contributed by atoms with Gasteiger partial charge >= 0.3 is 0 Å². The smallest absolute Gasteiger partial charge is 0.175 e. The van der Waals surface area contributed by atoms with E-state index in [9.17, 15) is 0 Å². The van der Waals surface area contributed by atoms with Crippen LogP contribution in [0.2, 0.25) is 0 Å². The van der Waals surface area contributed by atoms with Crippen molar-refractivity contribution in [2.24, 2.45) is 4.99 Å². The van der Waals surface area contributed by atoms with Crippen molar-refractivity contribution >= 4 is 33.5 Å². The van der Waals surface area contributed by atoms with E-state index in [-0.39, 0.29) is 0 Å². The minimum absolute atomic E-state index is 0.361. The molecular weight excluding hydrogens is 560 g/mol. The molecule has 0 spiro atoms. The van der Waals surface area contributed by atoms with Crippen molar-refractivity contribution in [1.82, 2.24) is 0 Å². The number of hydrogen-bond acceptors (Lipinski definition) is 4. The summed E-state index contributed by atoms with van der Waals surface area (Å²) in [6.07, 6.45) is 4.17. The van der Waals surface area contributed by atoms with Crippen LogP contribution in [0.3, 0.4) is 0 Å². The number of rotatable bonds is 8. The lowest BCUT2D eigenvalue weighted by Gasteiger charge is -2.43. The van der Waals surface area contributed by atoms with Gasteiger partial charge in [0, 0.05) is 36.8 Å². The molecule has 4 nitrogen and oxygen atoms in total. The Morgan fingerprint density at radius 3 is 1.93 bits per heavy atom. The van der Waals surface area contributed by atoms with Gasteiger partial charge in [0.25, 0.3) is 0 Å². The first kappa shape index (κ1) is 26.6. The summed E-state index contributed by atoms with van der Waals surface area (Å²) < 4.78 is 12.6. The molecule has 0 fully saturated rings. The molecule has 0 bridgehead atoms. The number of benzene rings is 4. The summed E-state index contributed by atoms with van der Waals surface area (Å²) >= 11 is 3.68. The molecule has 2 aliphatic rings. The van der Waals surface area contributed by atoms with E-state index in [1.54, 1.807) is 0 Å². The Hall–Kier alpha value is -3.57. The van der Waals surface area contributed by atoms with E-state index >= 15 is 0 Å². The number of anilines is 1. The number of ether oxygens (including phenoxy) is 2. The second-order valence-electron chi connectivity index (χ2n) is 10.4. The standard InChI is InChI=1S/C35H35BrN2O2/c1-3-39-33-20-24(19-32(36)35(33)40-4-2)23-37-27-21-30-28(25-11-7-5-8-12-25)15-17-38-18-16-29(31(22-27)34(30)38)26-13-9-6-10-14-26/h5-14,19-23,28-29H,3-4,15-18H2,1-2H3/t28-,29-/m1/s1. The van der Waals surface area contributed by atoms with Crippen LogP contribution in [0.5, 0.6) is 11.5 Å². The Morgan fingerprint density at radius 2 is 1.38 bits per heavy atom. The monoisotopic (exact) mass is 594 g/mol. The second-order valence-corrected chi connectivity index (χ2v) is 11.3. The van der Waals surface area contributed by atoms with Crippen LogP contribution in [0.25, 0.3) is 0 Å². The SMILES string of the molecule is CCOc1cc(C=Nc2cc3c4c(c2)[C@@H](c2ccccc2)CCN4CC[C@@H]3c2ccccc2)cc(Br)c1OCC. The van der Waals surface area contributed by atoms with Crippen molar-refractivity contribution in [3.05, 3.63) is 117 Å². The average Bonchev–Trinajstić information content (AvgIpc) is 2.99. The van der Waals surface area contributed by atoms with Crippen molar-refractivity contribution in [1.29, 1.82) is 0 Å². The lowest BCUT2D eigenvalue weighted by Crippen LogP contribution is -2.37. The van der Waals surface area contributed by atoms with Crippen LogP contribution in [-0.2, 0) is 0 Å². The first-order valence-electron chi connectivity index (χ1n) is 14.3. The Balaban J connectivity index is 1.46.